The average Bonchev–Trinajstić information content (AvgIpc) is 3.12. The molecule has 0 radical (unpaired) electrons. The highest BCUT2D eigenvalue weighted by molar-refractivity contribution is 5.76. The standard InChI is InChI=1S/C15H19N3O3/c1-4-18(10-11(2)3)14(19)8-7-13-16-15(17-21-13)12-6-5-9-20-12/h5-6,9H,2,4,7-8,10H2,1,3H3. The van der Waals surface area contributed by atoms with E-state index in [0.717, 1.165) is 5.57 Å². The molecule has 1 amide bonds. The lowest BCUT2D eigenvalue weighted by Crippen LogP contribution is -2.32. The van der Waals surface area contributed by atoms with E-state index in [1.54, 1.807) is 23.3 Å². The van der Waals surface area contributed by atoms with Crippen LogP contribution >= 0.6 is 0 Å². The third-order valence-electron chi connectivity index (χ3n) is 2.96. The molecule has 0 aliphatic heterocycles. The zero-order valence-corrected chi connectivity index (χ0v) is 12.3. The number of likely N-dealkylation sites (N-methyl/N-ethyl adjacent to an activating group) is 1. The number of carbonyl (C=O) groups is 1. The van der Waals surface area contributed by atoms with Crippen LogP contribution in [-0.4, -0.2) is 34.0 Å². The summed E-state index contributed by atoms with van der Waals surface area (Å²) in [7, 11) is 0. The molecule has 6 heteroatoms. The molecule has 0 fully saturated rings. The molecule has 2 rings (SSSR count). The molecule has 0 aliphatic rings. The number of aromatic nitrogens is 2. The van der Waals surface area contributed by atoms with Crippen molar-refractivity contribution in [1.29, 1.82) is 0 Å². The first-order valence-corrected chi connectivity index (χ1v) is 6.88. The van der Waals surface area contributed by atoms with E-state index in [9.17, 15) is 4.79 Å². The van der Waals surface area contributed by atoms with Gasteiger partial charge in [-0.05, 0) is 26.0 Å². The fourth-order valence-electron chi connectivity index (χ4n) is 1.94. The molecular weight excluding hydrogens is 270 g/mol. The third kappa shape index (κ3) is 4.05. The van der Waals surface area contributed by atoms with Crippen LogP contribution in [0.5, 0.6) is 0 Å². The molecule has 2 aromatic heterocycles. The van der Waals surface area contributed by atoms with Crippen LogP contribution in [0.2, 0.25) is 0 Å². The maximum Gasteiger partial charge on any atom is 0.238 e. The minimum absolute atomic E-state index is 0.0539. The van der Waals surface area contributed by atoms with Gasteiger partial charge in [0.1, 0.15) is 0 Å². The molecule has 0 bridgehead atoms. The van der Waals surface area contributed by atoms with Crippen molar-refractivity contribution >= 4 is 5.91 Å². The highest BCUT2D eigenvalue weighted by Gasteiger charge is 2.15. The van der Waals surface area contributed by atoms with Gasteiger partial charge in [0.15, 0.2) is 5.76 Å². The smallest absolute Gasteiger partial charge is 0.238 e. The van der Waals surface area contributed by atoms with Crippen molar-refractivity contribution in [1.82, 2.24) is 15.0 Å². The lowest BCUT2D eigenvalue weighted by molar-refractivity contribution is -0.130. The first-order chi connectivity index (χ1) is 10.1. The molecule has 0 saturated carbocycles. The van der Waals surface area contributed by atoms with Crippen molar-refractivity contribution in [2.75, 3.05) is 13.1 Å². The van der Waals surface area contributed by atoms with Gasteiger partial charge in [-0.15, -0.1) is 0 Å². The van der Waals surface area contributed by atoms with Crippen LogP contribution in [0.3, 0.4) is 0 Å². The summed E-state index contributed by atoms with van der Waals surface area (Å²) in [6.45, 7) is 8.92. The molecule has 6 nitrogen and oxygen atoms in total. The van der Waals surface area contributed by atoms with Gasteiger partial charge in [-0.1, -0.05) is 17.3 Å². The molecule has 21 heavy (non-hydrogen) atoms. The monoisotopic (exact) mass is 289 g/mol. The molecule has 0 aromatic carbocycles. The predicted molar refractivity (Wildman–Crippen MR) is 77.4 cm³/mol. The summed E-state index contributed by atoms with van der Waals surface area (Å²) in [5.41, 5.74) is 0.961. The topological polar surface area (TPSA) is 72.4 Å². The molecule has 2 heterocycles. The van der Waals surface area contributed by atoms with E-state index in [2.05, 4.69) is 16.7 Å². The number of rotatable bonds is 7. The SMILES string of the molecule is C=C(C)CN(CC)C(=O)CCc1nc(-c2ccco2)no1. The van der Waals surface area contributed by atoms with Crippen LogP contribution in [0.25, 0.3) is 11.6 Å². The minimum Gasteiger partial charge on any atom is -0.461 e. The zero-order chi connectivity index (χ0) is 15.2. The van der Waals surface area contributed by atoms with Gasteiger partial charge in [0.25, 0.3) is 0 Å². The molecule has 0 atom stereocenters. The van der Waals surface area contributed by atoms with Gasteiger partial charge in [0, 0.05) is 25.9 Å². The summed E-state index contributed by atoms with van der Waals surface area (Å²) in [4.78, 5) is 18.1. The Morgan fingerprint density at radius 2 is 2.29 bits per heavy atom. The number of amides is 1. The normalized spacial score (nSPS) is 10.6. The van der Waals surface area contributed by atoms with Gasteiger partial charge in [-0.25, -0.2) is 0 Å². The maximum absolute atomic E-state index is 12.1. The summed E-state index contributed by atoms with van der Waals surface area (Å²) in [6, 6.07) is 3.51. The quantitative estimate of drug-likeness (QED) is 0.733. The molecule has 0 spiro atoms. The maximum atomic E-state index is 12.1. The van der Waals surface area contributed by atoms with E-state index < -0.39 is 0 Å². The van der Waals surface area contributed by atoms with E-state index >= 15 is 0 Å². The number of hydrogen-bond acceptors (Lipinski definition) is 5. The van der Waals surface area contributed by atoms with Gasteiger partial charge >= 0.3 is 0 Å². The Balaban J connectivity index is 1.91. The van der Waals surface area contributed by atoms with E-state index in [4.69, 9.17) is 8.94 Å². The van der Waals surface area contributed by atoms with E-state index in [-0.39, 0.29) is 5.91 Å². The van der Waals surface area contributed by atoms with Crippen molar-refractivity contribution < 1.29 is 13.7 Å². The Bertz CT molecular complexity index is 601. The first-order valence-electron chi connectivity index (χ1n) is 6.88. The second-order valence-electron chi connectivity index (χ2n) is 4.85. The highest BCUT2D eigenvalue weighted by atomic mass is 16.5. The number of carbonyl (C=O) groups excluding carboxylic acids is 1. The lowest BCUT2D eigenvalue weighted by atomic mass is 10.2. The van der Waals surface area contributed by atoms with Crippen LogP contribution in [-0.2, 0) is 11.2 Å². The second-order valence-corrected chi connectivity index (χ2v) is 4.85. The fraction of sp³-hybridized carbons (Fsp3) is 0.400. The molecule has 0 aliphatic carbocycles. The van der Waals surface area contributed by atoms with Crippen LogP contribution in [0.1, 0.15) is 26.2 Å². The largest absolute Gasteiger partial charge is 0.461 e. The van der Waals surface area contributed by atoms with Crippen molar-refractivity contribution in [3.63, 3.8) is 0 Å². The highest BCUT2D eigenvalue weighted by Crippen LogP contribution is 2.16. The van der Waals surface area contributed by atoms with Crippen LogP contribution in [0.4, 0.5) is 0 Å². The summed E-state index contributed by atoms with van der Waals surface area (Å²) < 4.78 is 10.3. The first kappa shape index (κ1) is 15.0. The van der Waals surface area contributed by atoms with Gasteiger partial charge in [-0.2, -0.15) is 4.98 Å². The molecule has 0 unspecified atom stereocenters. The number of nitrogens with zero attached hydrogens (tertiary/aromatic N) is 3. The average molecular weight is 289 g/mol. The van der Waals surface area contributed by atoms with Crippen LogP contribution in [0, 0.1) is 0 Å². The van der Waals surface area contributed by atoms with Crippen molar-refractivity contribution in [2.24, 2.45) is 0 Å². The number of hydrogen-bond donors (Lipinski definition) is 0. The van der Waals surface area contributed by atoms with Crippen LogP contribution < -0.4 is 0 Å². The Hall–Kier alpha value is -2.37. The fourth-order valence-corrected chi connectivity index (χ4v) is 1.94. The van der Waals surface area contributed by atoms with Gasteiger partial charge in [-0.3, -0.25) is 4.79 Å². The van der Waals surface area contributed by atoms with Crippen molar-refractivity contribution in [2.45, 2.75) is 26.7 Å². The Morgan fingerprint density at radius 3 is 2.90 bits per heavy atom. The van der Waals surface area contributed by atoms with Gasteiger partial charge < -0.3 is 13.8 Å². The third-order valence-corrected chi connectivity index (χ3v) is 2.96. The molecular formula is C15H19N3O3. The summed E-state index contributed by atoms with van der Waals surface area (Å²) in [6.07, 6.45) is 2.30. The van der Waals surface area contributed by atoms with E-state index in [0.29, 0.717) is 43.4 Å². The molecule has 2 aromatic rings. The van der Waals surface area contributed by atoms with Crippen molar-refractivity contribution in [3.8, 4) is 11.6 Å². The van der Waals surface area contributed by atoms with Crippen molar-refractivity contribution in [3.05, 3.63) is 36.4 Å². The number of aryl methyl sites for hydroxylation is 1. The van der Waals surface area contributed by atoms with Crippen LogP contribution in [0.15, 0.2) is 39.5 Å². The Morgan fingerprint density at radius 1 is 1.48 bits per heavy atom. The van der Waals surface area contributed by atoms with E-state index in [1.807, 2.05) is 13.8 Å². The summed E-state index contributed by atoms with van der Waals surface area (Å²) >= 11 is 0. The summed E-state index contributed by atoms with van der Waals surface area (Å²) in [5, 5.41) is 3.83. The number of furan rings is 1. The molecule has 0 saturated heterocycles. The Kier molecular flexibility index (Phi) is 4.92. The predicted octanol–water partition coefficient (Wildman–Crippen LogP) is 2.69. The van der Waals surface area contributed by atoms with Gasteiger partial charge in [0.2, 0.25) is 17.6 Å². The van der Waals surface area contributed by atoms with Gasteiger partial charge in [0.05, 0.1) is 6.26 Å². The molecule has 112 valence electrons. The summed E-state index contributed by atoms with van der Waals surface area (Å²) in [5.74, 6) is 1.44. The zero-order valence-electron chi connectivity index (χ0n) is 12.3. The molecule has 0 N–H and O–H groups in total. The second kappa shape index (κ2) is 6.88. The van der Waals surface area contributed by atoms with E-state index in [1.165, 1.54) is 0 Å². The Labute approximate surface area is 123 Å². The lowest BCUT2D eigenvalue weighted by Gasteiger charge is -2.20. The minimum atomic E-state index is 0.0539.